The summed E-state index contributed by atoms with van der Waals surface area (Å²) in [4.78, 5) is 2.25. The van der Waals surface area contributed by atoms with Gasteiger partial charge in [0.15, 0.2) is 0 Å². The number of halogens is 1. The molecule has 3 nitrogen and oxygen atoms in total. The van der Waals surface area contributed by atoms with Crippen LogP contribution in [-0.4, -0.2) is 37.7 Å². The zero-order chi connectivity index (χ0) is 13.1. The second kappa shape index (κ2) is 5.78. The van der Waals surface area contributed by atoms with Gasteiger partial charge in [-0.25, -0.2) is 4.39 Å². The number of benzene rings is 1. The van der Waals surface area contributed by atoms with Crippen molar-refractivity contribution in [3.63, 3.8) is 0 Å². The van der Waals surface area contributed by atoms with E-state index in [0.717, 1.165) is 25.2 Å². The number of rotatable bonds is 4. The molecule has 2 N–H and O–H groups in total. The minimum atomic E-state index is -0.165. The Morgan fingerprint density at radius 3 is 2.89 bits per heavy atom. The van der Waals surface area contributed by atoms with Gasteiger partial charge < -0.3 is 10.5 Å². The fourth-order valence-corrected chi connectivity index (χ4v) is 2.51. The molecule has 1 aromatic rings. The van der Waals surface area contributed by atoms with Gasteiger partial charge in [0, 0.05) is 25.2 Å². The van der Waals surface area contributed by atoms with Crippen molar-refractivity contribution in [3.05, 3.63) is 35.1 Å². The van der Waals surface area contributed by atoms with Crippen molar-refractivity contribution >= 4 is 0 Å². The first-order valence-electron chi connectivity index (χ1n) is 6.39. The number of ether oxygens (including phenoxy) is 1. The first-order valence-corrected chi connectivity index (χ1v) is 6.39. The Hall–Kier alpha value is -0.970. The first kappa shape index (κ1) is 13.5. The van der Waals surface area contributed by atoms with E-state index in [1.165, 1.54) is 6.07 Å². The topological polar surface area (TPSA) is 38.5 Å². The molecule has 18 heavy (non-hydrogen) atoms. The molecule has 0 saturated carbocycles. The molecule has 1 aliphatic rings. The third-order valence-corrected chi connectivity index (χ3v) is 3.76. The van der Waals surface area contributed by atoms with E-state index in [-0.39, 0.29) is 11.9 Å². The summed E-state index contributed by atoms with van der Waals surface area (Å²) in [5.74, 6) is -0.165. The lowest BCUT2D eigenvalue weighted by molar-refractivity contribution is 0.134. The molecule has 2 unspecified atom stereocenters. The molecule has 1 saturated heterocycles. The van der Waals surface area contributed by atoms with Gasteiger partial charge in [0.25, 0.3) is 0 Å². The Labute approximate surface area is 108 Å². The van der Waals surface area contributed by atoms with Crippen molar-refractivity contribution in [2.45, 2.75) is 25.4 Å². The number of hydrogen-bond acceptors (Lipinski definition) is 3. The molecule has 2 rings (SSSR count). The maximum absolute atomic E-state index is 13.3. The number of nitrogens with two attached hydrogens (primary N) is 1. The van der Waals surface area contributed by atoms with Crippen molar-refractivity contribution in [1.82, 2.24) is 4.90 Å². The van der Waals surface area contributed by atoms with Gasteiger partial charge in [-0.1, -0.05) is 12.1 Å². The summed E-state index contributed by atoms with van der Waals surface area (Å²) in [6.07, 6.45) is 1.03. The highest BCUT2D eigenvalue weighted by Crippen LogP contribution is 2.25. The quantitative estimate of drug-likeness (QED) is 0.889. The van der Waals surface area contributed by atoms with Gasteiger partial charge in [-0.05, 0) is 37.6 Å². The molecule has 1 aliphatic heterocycles. The van der Waals surface area contributed by atoms with Gasteiger partial charge in [0.1, 0.15) is 5.82 Å². The highest BCUT2D eigenvalue weighted by Gasteiger charge is 2.26. The second-order valence-corrected chi connectivity index (χ2v) is 4.94. The molecule has 0 aliphatic carbocycles. The molecular formula is C14H21FN2O. The van der Waals surface area contributed by atoms with Crippen LogP contribution in [0.4, 0.5) is 4.39 Å². The van der Waals surface area contributed by atoms with E-state index in [4.69, 9.17) is 10.5 Å². The molecule has 1 heterocycles. The summed E-state index contributed by atoms with van der Waals surface area (Å²) >= 11 is 0. The lowest BCUT2D eigenvalue weighted by atomic mass is 10.0. The molecule has 0 bridgehead atoms. The van der Waals surface area contributed by atoms with Crippen LogP contribution in [0, 0.1) is 12.7 Å². The smallest absolute Gasteiger partial charge is 0.126 e. The van der Waals surface area contributed by atoms with Crippen LogP contribution in [0.15, 0.2) is 18.2 Å². The third-order valence-electron chi connectivity index (χ3n) is 3.76. The fraction of sp³-hybridized carbons (Fsp3) is 0.571. The van der Waals surface area contributed by atoms with Crippen LogP contribution in [-0.2, 0) is 4.74 Å². The Morgan fingerprint density at radius 1 is 1.56 bits per heavy atom. The zero-order valence-electron chi connectivity index (χ0n) is 11.0. The van der Waals surface area contributed by atoms with E-state index in [1.807, 2.05) is 12.1 Å². The molecule has 0 radical (unpaired) electrons. The summed E-state index contributed by atoms with van der Waals surface area (Å²) in [7, 11) is 2.07. The maximum atomic E-state index is 13.3. The molecular weight excluding hydrogens is 231 g/mol. The largest absolute Gasteiger partial charge is 0.380 e. The normalized spacial score (nSPS) is 21.5. The van der Waals surface area contributed by atoms with Crippen LogP contribution in [0.3, 0.4) is 0 Å². The van der Waals surface area contributed by atoms with E-state index in [0.29, 0.717) is 18.2 Å². The van der Waals surface area contributed by atoms with E-state index in [1.54, 1.807) is 6.92 Å². The van der Waals surface area contributed by atoms with Crippen LogP contribution < -0.4 is 5.73 Å². The predicted molar refractivity (Wildman–Crippen MR) is 69.9 cm³/mol. The van der Waals surface area contributed by atoms with Crippen molar-refractivity contribution in [2.24, 2.45) is 5.73 Å². The highest BCUT2D eigenvalue weighted by atomic mass is 19.1. The monoisotopic (exact) mass is 252 g/mol. The molecule has 0 spiro atoms. The van der Waals surface area contributed by atoms with E-state index in [9.17, 15) is 4.39 Å². The second-order valence-electron chi connectivity index (χ2n) is 4.94. The third kappa shape index (κ3) is 2.71. The Bertz CT molecular complexity index is 405. The number of hydrogen-bond donors (Lipinski definition) is 1. The highest BCUT2D eigenvalue weighted by molar-refractivity contribution is 5.27. The lowest BCUT2D eigenvalue weighted by Gasteiger charge is -2.32. The Kier molecular flexibility index (Phi) is 4.32. The van der Waals surface area contributed by atoms with Gasteiger partial charge in [-0.2, -0.15) is 0 Å². The molecule has 1 aromatic carbocycles. The standard InChI is InChI=1S/C14H21FN2O/c1-10-7-11(3-4-13(10)15)14(8-16)17(2)12-5-6-18-9-12/h3-4,7,12,14H,5-6,8-9,16H2,1-2H3. The van der Waals surface area contributed by atoms with Crippen LogP contribution in [0.5, 0.6) is 0 Å². The molecule has 0 aromatic heterocycles. The minimum Gasteiger partial charge on any atom is -0.380 e. The Morgan fingerprint density at radius 2 is 2.33 bits per heavy atom. The number of nitrogens with zero attached hydrogens (tertiary/aromatic N) is 1. The van der Waals surface area contributed by atoms with Crippen LogP contribution in [0.2, 0.25) is 0 Å². The van der Waals surface area contributed by atoms with E-state index < -0.39 is 0 Å². The lowest BCUT2D eigenvalue weighted by Crippen LogP contribution is -2.39. The average molecular weight is 252 g/mol. The van der Waals surface area contributed by atoms with Gasteiger partial charge >= 0.3 is 0 Å². The van der Waals surface area contributed by atoms with Crippen LogP contribution >= 0.6 is 0 Å². The average Bonchev–Trinajstić information content (AvgIpc) is 2.88. The maximum Gasteiger partial charge on any atom is 0.126 e. The summed E-state index contributed by atoms with van der Waals surface area (Å²) in [6, 6.07) is 5.76. The van der Waals surface area contributed by atoms with Gasteiger partial charge in [0.05, 0.1) is 6.61 Å². The predicted octanol–water partition coefficient (Wildman–Crippen LogP) is 1.85. The summed E-state index contributed by atoms with van der Waals surface area (Å²) in [5.41, 5.74) is 7.63. The summed E-state index contributed by atoms with van der Waals surface area (Å²) < 4.78 is 18.7. The minimum absolute atomic E-state index is 0.121. The first-order chi connectivity index (χ1) is 8.63. The number of aryl methyl sites for hydroxylation is 1. The van der Waals surface area contributed by atoms with Crippen LogP contribution in [0.25, 0.3) is 0 Å². The molecule has 2 atom stereocenters. The SMILES string of the molecule is Cc1cc(C(CN)N(C)C2CCOC2)ccc1F. The van der Waals surface area contributed by atoms with Gasteiger partial charge in [0.2, 0.25) is 0 Å². The number of likely N-dealkylation sites (N-methyl/N-ethyl adjacent to an activating group) is 1. The van der Waals surface area contributed by atoms with Gasteiger partial charge in [-0.15, -0.1) is 0 Å². The molecule has 4 heteroatoms. The van der Waals surface area contributed by atoms with E-state index >= 15 is 0 Å². The van der Waals surface area contributed by atoms with Gasteiger partial charge in [-0.3, -0.25) is 4.90 Å². The Balaban J connectivity index is 2.18. The molecule has 0 amide bonds. The van der Waals surface area contributed by atoms with Crippen molar-refractivity contribution < 1.29 is 9.13 Å². The zero-order valence-corrected chi connectivity index (χ0v) is 11.0. The van der Waals surface area contributed by atoms with Crippen molar-refractivity contribution in [3.8, 4) is 0 Å². The summed E-state index contributed by atoms with van der Waals surface area (Å²) in [5, 5.41) is 0. The van der Waals surface area contributed by atoms with Crippen molar-refractivity contribution in [1.29, 1.82) is 0 Å². The van der Waals surface area contributed by atoms with Crippen molar-refractivity contribution in [2.75, 3.05) is 26.8 Å². The summed E-state index contributed by atoms with van der Waals surface area (Å²) in [6.45, 7) is 3.88. The van der Waals surface area contributed by atoms with E-state index in [2.05, 4.69) is 11.9 Å². The molecule has 1 fully saturated rings. The molecule has 100 valence electrons. The van der Waals surface area contributed by atoms with Crippen LogP contribution in [0.1, 0.15) is 23.6 Å². The fourth-order valence-electron chi connectivity index (χ4n) is 2.51.